The number of ether oxygens (including phenoxy) is 4. The van der Waals surface area contributed by atoms with Crippen molar-refractivity contribution in [1.82, 2.24) is 15.5 Å². The quantitative estimate of drug-likeness (QED) is 0.460. The first-order valence-corrected chi connectivity index (χ1v) is 12.0. The molecule has 32 heavy (non-hydrogen) atoms. The van der Waals surface area contributed by atoms with Gasteiger partial charge in [-0.2, -0.15) is 0 Å². The summed E-state index contributed by atoms with van der Waals surface area (Å²) in [6.45, 7) is 9.91. The molecule has 0 spiro atoms. The number of nitrogens with one attached hydrogen (secondary N) is 2. The first kappa shape index (κ1) is 26.7. The van der Waals surface area contributed by atoms with Crippen LogP contribution in [0.5, 0.6) is 0 Å². The normalized spacial score (nSPS) is 22.9. The summed E-state index contributed by atoms with van der Waals surface area (Å²) in [5, 5.41) is 6.07. The minimum atomic E-state index is -0.896. The minimum absolute atomic E-state index is 0.134. The maximum absolute atomic E-state index is 12.7. The Morgan fingerprint density at radius 3 is 2.44 bits per heavy atom. The Morgan fingerprint density at radius 1 is 1.22 bits per heavy atom. The van der Waals surface area contributed by atoms with Crippen LogP contribution in [0.4, 0.5) is 9.59 Å². The van der Waals surface area contributed by atoms with Gasteiger partial charge in [0.15, 0.2) is 0 Å². The van der Waals surface area contributed by atoms with E-state index in [0.717, 1.165) is 19.3 Å². The molecule has 2 N–H and O–H groups in total. The molecule has 9 nitrogen and oxygen atoms in total. The van der Waals surface area contributed by atoms with Gasteiger partial charge in [0.1, 0.15) is 11.7 Å². The van der Waals surface area contributed by atoms with Crippen LogP contribution in [0.2, 0.25) is 0 Å². The monoisotopic (exact) mass is 457 g/mol. The van der Waals surface area contributed by atoms with Crippen LogP contribution in [0.1, 0.15) is 73.1 Å². The summed E-state index contributed by atoms with van der Waals surface area (Å²) in [6, 6.07) is -0.817. The molecule has 1 aliphatic heterocycles. The van der Waals surface area contributed by atoms with Gasteiger partial charge in [-0.15, -0.1) is 0 Å². The molecule has 1 saturated carbocycles. The number of carbonyl (C=O) groups excluding carboxylic acids is 2. The second-order valence-electron chi connectivity index (χ2n) is 9.67. The lowest BCUT2D eigenvalue weighted by atomic mass is 9.83. The highest BCUT2D eigenvalue weighted by Crippen LogP contribution is 2.30. The van der Waals surface area contributed by atoms with Crippen LogP contribution in [0.15, 0.2) is 0 Å². The zero-order chi connectivity index (χ0) is 23.7. The van der Waals surface area contributed by atoms with Crippen molar-refractivity contribution < 1.29 is 28.5 Å². The number of urea groups is 1. The summed E-state index contributed by atoms with van der Waals surface area (Å²) in [4.78, 5) is 26.9. The lowest BCUT2D eigenvalue weighted by Gasteiger charge is -2.36. The zero-order valence-electron chi connectivity index (χ0n) is 20.6. The highest BCUT2D eigenvalue weighted by molar-refractivity contribution is 5.77. The average Bonchev–Trinajstić information content (AvgIpc) is 3.10. The van der Waals surface area contributed by atoms with Gasteiger partial charge in [0, 0.05) is 26.8 Å². The Balaban J connectivity index is 2.27. The van der Waals surface area contributed by atoms with Crippen molar-refractivity contribution in [2.45, 2.75) is 103 Å². The van der Waals surface area contributed by atoms with E-state index in [9.17, 15) is 9.59 Å². The van der Waals surface area contributed by atoms with Gasteiger partial charge in [0.25, 0.3) is 6.48 Å². The number of carbonyl (C=O) groups is 2. The fourth-order valence-electron chi connectivity index (χ4n) is 4.49. The van der Waals surface area contributed by atoms with Gasteiger partial charge in [0.2, 0.25) is 0 Å². The van der Waals surface area contributed by atoms with Gasteiger partial charge in [-0.1, -0.05) is 32.1 Å². The molecule has 0 aromatic carbocycles. The molecule has 1 heterocycles. The SMILES string of the molecule is CCOC(OC)OC([C@H](CC1CCCCC1)NC(=O)OC(C)(C)C)[C@@H]1CN(CC)C(=O)N1. The van der Waals surface area contributed by atoms with E-state index in [1.54, 1.807) is 4.90 Å². The van der Waals surface area contributed by atoms with Crippen molar-refractivity contribution in [3.63, 3.8) is 0 Å². The fraction of sp³-hybridized carbons (Fsp3) is 0.913. The largest absolute Gasteiger partial charge is 0.444 e. The highest BCUT2D eigenvalue weighted by Gasteiger charge is 2.41. The Hall–Kier alpha value is -1.58. The third-order valence-corrected chi connectivity index (χ3v) is 5.97. The van der Waals surface area contributed by atoms with Crippen LogP contribution < -0.4 is 10.6 Å². The number of hydrogen-bond donors (Lipinski definition) is 2. The summed E-state index contributed by atoms with van der Waals surface area (Å²) in [7, 11) is 1.51. The summed E-state index contributed by atoms with van der Waals surface area (Å²) < 4.78 is 22.7. The Bertz CT molecular complexity index is 591. The number of amides is 3. The Labute approximate surface area is 192 Å². The molecule has 3 amide bonds. The predicted octanol–water partition coefficient (Wildman–Crippen LogP) is 3.62. The van der Waals surface area contributed by atoms with E-state index in [-0.39, 0.29) is 18.1 Å². The van der Waals surface area contributed by atoms with Crippen LogP contribution in [-0.4, -0.2) is 74.1 Å². The van der Waals surface area contributed by atoms with E-state index < -0.39 is 24.3 Å². The summed E-state index contributed by atoms with van der Waals surface area (Å²) in [5.41, 5.74) is -0.614. The molecule has 9 heteroatoms. The van der Waals surface area contributed by atoms with Gasteiger partial charge in [-0.25, -0.2) is 9.59 Å². The van der Waals surface area contributed by atoms with Crippen molar-refractivity contribution in [3.8, 4) is 0 Å². The third kappa shape index (κ3) is 8.41. The van der Waals surface area contributed by atoms with E-state index in [4.69, 9.17) is 18.9 Å². The van der Waals surface area contributed by atoms with Crippen molar-refractivity contribution >= 4 is 12.1 Å². The molecule has 186 valence electrons. The van der Waals surface area contributed by atoms with Crippen LogP contribution in [0.25, 0.3) is 0 Å². The number of likely N-dealkylation sites (N-methyl/N-ethyl adjacent to an activating group) is 1. The van der Waals surface area contributed by atoms with Crippen LogP contribution in [0, 0.1) is 5.92 Å². The molecule has 0 bridgehead atoms. The fourth-order valence-corrected chi connectivity index (χ4v) is 4.49. The van der Waals surface area contributed by atoms with Crippen molar-refractivity contribution in [1.29, 1.82) is 0 Å². The van der Waals surface area contributed by atoms with Gasteiger partial charge in [0.05, 0.1) is 12.1 Å². The van der Waals surface area contributed by atoms with E-state index in [1.807, 2.05) is 34.6 Å². The number of rotatable bonds is 11. The van der Waals surface area contributed by atoms with Crippen LogP contribution in [-0.2, 0) is 18.9 Å². The van der Waals surface area contributed by atoms with Crippen molar-refractivity contribution in [2.75, 3.05) is 26.8 Å². The van der Waals surface area contributed by atoms with E-state index in [1.165, 1.54) is 26.4 Å². The van der Waals surface area contributed by atoms with Crippen LogP contribution in [0.3, 0.4) is 0 Å². The average molecular weight is 458 g/mol. The second kappa shape index (κ2) is 12.6. The third-order valence-electron chi connectivity index (χ3n) is 5.97. The first-order valence-electron chi connectivity index (χ1n) is 12.0. The molecule has 4 atom stereocenters. The van der Waals surface area contributed by atoms with Gasteiger partial charge < -0.3 is 34.5 Å². The topological polar surface area (TPSA) is 98.4 Å². The minimum Gasteiger partial charge on any atom is -0.444 e. The molecule has 2 rings (SSSR count). The maximum atomic E-state index is 12.7. The molecule has 2 fully saturated rings. The maximum Gasteiger partial charge on any atom is 0.407 e. The zero-order valence-corrected chi connectivity index (χ0v) is 20.6. The summed E-state index contributed by atoms with van der Waals surface area (Å²) >= 11 is 0. The van der Waals surface area contributed by atoms with Crippen molar-refractivity contribution in [3.05, 3.63) is 0 Å². The molecular formula is C23H43N3O6. The second-order valence-corrected chi connectivity index (χ2v) is 9.67. The molecule has 1 saturated heterocycles. The first-order chi connectivity index (χ1) is 15.2. The summed E-state index contributed by atoms with van der Waals surface area (Å²) in [5.74, 6) is 0.474. The number of alkyl carbamates (subject to hydrolysis) is 1. The van der Waals surface area contributed by atoms with Crippen LogP contribution >= 0.6 is 0 Å². The molecule has 0 aromatic rings. The van der Waals surface area contributed by atoms with E-state index in [0.29, 0.717) is 25.6 Å². The number of nitrogens with zero attached hydrogens (tertiary/aromatic N) is 1. The molecule has 2 unspecified atom stereocenters. The molecular weight excluding hydrogens is 414 g/mol. The highest BCUT2D eigenvalue weighted by atomic mass is 16.8. The lowest BCUT2D eigenvalue weighted by Crippen LogP contribution is -2.56. The van der Waals surface area contributed by atoms with E-state index in [2.05, 4.69) is 10.6 Å². The summed E-state index contributed by atoms with van der Waals surface area (Å²) in [6.07, 6.45) is 5.59. The molecule has 0 aromatic heterocycles. The van der Waals surface area contributed by atoms with Gasteiger partial charge >= 0.3 is 12.1 Å². The number of methoxy groups -OCH3 is 1. The van der Waals surface area contributed by atoms with E-state index >= 15 is 0 Å². The smallest absolute Gasteiger partial charge is 0.407 e. The Morgan fingerprint density at radius 2 is 1.91 bits per heavy atom. The molecule has 2 aliphatic rings. The number of hydrogen-bond acceptors (Lipinski definition) is 6. The van der Waals surface area contributed by atoms with Gasteiger partial charge in [-0.3, -0.25) is 0 Å². The molecule has 1 aliphatic carbocycles. The lowest BCUT2D eigenvalue weighted by molar-refractivity contribution is -0.298. The molecule has 0 radical (unpaired) electrons. The van der Waals surface area contributed by atoms with Crippen molar-refractivity contribution in [2.24, 2.45) is 5.92 Å². The standard InChI is InChI=1S/C23H43N3O6/c1-7-26-15-18(24-20(26)27)19(31-22(29-6)30-8-2)17(14-16-12-10-9-11-13-16)25-21(28)32-23(3,4)5/h16-19,22H,7-15H2,1-6H3,(H,24,27)(H,25,28)/t17-,18-,19?,22?/m0/s1. The van der Waals surface area contributed by atoms with Gasteiger partial charge in [-0.05, 0) is 47.0 Å². The Kier molecular flexibility index (Phi) is 10.5. The predicted molar refractivity (Wildman–Crippen MR) is 121 cm³/mol.